The van der Waals surface area contributed by atoms with Crippen LogP contribution >= 0.6 is 0 Å². The van der Waals surface area contributed by atoms with Gasteiger partial charge in [-0.1, -0.05) is 0 Å². The lowest BCUT2D eigenvalue weighted by Crippen LogP contribution is -2.39. The van der Waals surface area contributed by atoms with E-state index in [1.807, 2.05) is 6.92 Å². The van der Waals surface area contributed by atoms with E-state index in [0.717, 1.165) is 4.31 Å². The zero-order chi connectivity index (χ0) is 20.9. The van der Waals surface area contributed by atoms with Crippen LogP contribution < -0.4 is 23.8 Å². The van der Waals surface area contributed by atoms with Crippen molar-refractivity contribution in [2.24, 2.45) is 0 Å². The van der Waals surface area contributed by atoms with E-state index in [0.29, 0.717) is 48.4 Å². The van der Waals surface area contributed by atoms with Gasteiger partial charge in [-0.2, -0.15) is 0 Å². The Morgan fingerprint density at radius 2 is 1.76 bits per heavy atom. The molecule has 2 aromatic rings. The predicted octanol–water partition coefficient (Wildman–Crippen LogP) is 2.65. The Hall–Kier alpha value is -2.94. The Morgan fingerprint density at radius 3 is 2.41 bits per heavy atom. The summed E-state index contributed by atoms with van der Waals surface area (Å²) in [5.41, 5.74) is 0.896. The monoisotopic (exact) mass is 420 g/mol. The van der Waals surface area contributed by atoms with Crippen LogP contribution in [0.1, 0.15) is 13.8 Å². The molecule has 0 spiro atoms. The van der Waals surface area contributed by atoms with Crippen LogP contribution in [-0.2, 0) is 14.8 Å². The Morgan fingerprint density at radius 1 is 1.07 bits per heavy atom. The first-order valence-corrected chi connectivity index (χ1v) is 11.0. The maximum absolute atomic E-state index is 12.6. The molecule has 0 fully saturated rings. The zero-order valence-electron chi connectivity index (χ0n) is 16.4. The summed E-state index contributed by atoms with van der Waals surface area (Å²) in [6.45, 7) is 4.43. The summed E-state index contributed by atoms with van der Waals surface area (Å²) in [5.74, 6) is 1.10. The molecule has 0 aromatic heterocycles. The molecule has 3 rings (SSSR count). The van der Waals surface area contributed by atoms with Gasteiger partial charge in [0.25, 0.3) is 0 Å². The molecule has 0 atom stereocenters. The van der Waals surface area contributed by atoms with E-state index in [4.69, 9.17) is 14.2 Å². The minimum absolute atomic E-state index is 0.141. The van der Waals surface area contributed by atoms with Gasteiger partial charge in [-0.15, -0.1) is 0 Å². The molecule has 9 heteroatoms. The van der Waals surface area contributed by atoms with Gasteiger partial charge in [0, 0.05) is 11.8 Å². The summed E-state index contributed by atoms with van der Waals surface area (Å²) in [6.07, 6.45) is 0. The van der Waals surface area contributed by atoms with Crippen molar-refractivity contribution in [1.29, 1.82) is 0 Å². The topological polar surface area (TPSA) is 94.2 Å². The first kappa shape index (κ1) is 20.8. The fourth-order valence-corrected chi connectivity index (χ4v) is 3.89. The molecule has 1 aliphatic heterocycles. The first-order valence-electron chi connectivity index (χ1n) is 9.35. The molecule has 1 aliphatic rings. The molecule has 2 aromatic carbocycles. The van der Waals surface area contributed by atoms with Crippen LogP contribution in [0.15, 0.2) is 42.5 Å². The molecular formula is C20H24N2O6S. The van der Waals surface area contributed by atoms with E-state index in [2.05, 4.69) is 5.32 Å². The van der Waals surface area contributed by atoms with Crippen LogP contribution in [0.3, 0.4) is 0 Å². The molecule has 1 amide bonds. The van der Waals surface area contributed by atoms with Gasteiger partial charge >= 0.3 is 0 Å². The third-order valence-electron chi connectivity index (χ3n) is 4.25. The van der Waals surface area contributed by atoms with Gasteiger partial charge in [0.05, 0.1) is 18.0 Å². The van der Waals surface area contributed by atoms with Crippen molar-refractivity contribution in [3.8, 4) is 17.2 Å². The van der Waals surface area contributed by atoms with Crippen molar-refractivity contribution in [3.63, 3.8) is 0 Å². The Kier molecular flexibility index (Phi) is 6.48. The minimum atomic E-state index is -3.69. The maximum atomic E-state index is 12.6. The molecule has 0 radical (unpaired) electrons. The van der Waals surface area contributed by atoms with Crippen LogP contribution in [0.5, 0.6) is 17.2 Å². The number of anilines is 2. The van der Waals surface area contributed by atoms with Crippen LogP contribution in [-0.4, -0.2) is 46.4 Å². The number of amides is 1. The number of nitrogens with one attached hydrogen (secondary N) is 1. The van der Waals surface area contributed by atoms with Gasteiger partial charge in [-0.05, 0) is 50.2 Å². The molecule has 8 nitrogen and oxygen atoms in total. The zero-order valence-corrected chi connectivity index (χ0v) is 17.2. The molecule has 29 heavy (non-hydrogen) atoms. The van der Waals surface area contributed by atoms with Crippen molar-refractivity contribution in [1.82, 2.24) is 0 Å². The molecular weight excluding hydrogens is 396 g/mol. The lowest BCUT2D eigenvalue weighted by Gasteiger charge is -2.25. The highest BCUT2D eigenvalue weighted by atomic mass is 32.2. The molecule has 1 N–H and O–H groups in total. The van der Waals surface area contributed by atoms with Crippen molar-refractivity contribution < 1.29 is 27.4 Å². The molecule has 1 heterocycles. The Labute approximate surface area is 170 Å². The number of rotatable bonds is 8. The van der Waals surface area contributed by atoms with Gasteiger partial charge in [-0.3, -0.25) is 9.10 Å². The van der Waals surface area contributed by atoms with E-state index >= 15 is 0 Å². The van der Waals surface area contributed by atoms with E-state index < -0.39 is 15.9 Å². The average Bonchev–Trinajstić information content (AvgIpc) is 2.73. The summed E-state index contributed by atoms with van der Waals surface area (Å²) < 4.78 is 42.7. The molecule has 0 aliphatic carbocycles. The van der Waals surface area contributed by atoms with Gasteiger partial charge in [-0.25, -0.2) is 8.42 Å². The number of sulfonamides is 1. The smallest absolute Gasteiger partial charge is 0.245 e. The fraction of sp³-hybridized carbons (Fsp3) is 0.350. The first-order chi connectivity index (χ1) is 13.9. The molecule has 0 bridgehead atoms. The van der Waals surface area contributed by atoms with Crippen LogP contribution in [0.25, 0.3) is 0 Å². The SMILES string of the molecule is CCOc1ccc(NC(=O)CN(c2ccc3c(c2)OCCO3)S(=O)(=O)CC)cc1. The number of carbonyl (C=O) groups is 1. The average molecular weight is 420 g/mol. The number of benzene rings is 2. The summed E-state index contributed by atoms with van der Waals surface area (Å²) in [4.78, 5) is 12.6. The van der Waals surface area contributed by atoms with E-state index in [-0.39, 0.29) is 12.3 Å². The molecule has 0 saturated carbocycles. The van der Waals surface area contributed by atoms with Gasteiger partial charge in [0.1, 0.15) is 25.5 Å². The summed E-state index contributed by atoms with van der Waals surface area (Å²) in [5, 5.41) is 2.71. The van der Waals surface area contributed by atoms with E-state index in [1.165, 1.54) is 6.92 Å². The van der Waals surface area contributed by atoms with Gasteiger partial charge in [0.15, 0.2) is 11.5 Å². The largest absolute Gasteiger partial charge is 0.494 e. The number of ether oxygens (including phenoxy) is 3. The van der Waals surface area contributed by atoms with Gasteiger partial charge in [0.2, 0.25) is 15.9 Å². The second kappa shape index (κ2) is 9.04. The van der Waals surface area contributed by atoms with Crippen molar-refractivity contribution in [3.05, 3.63) is 42.5 Å². The van der Waals surface area contributed by atoms with E-state index in [9.17, 15) is 13.2 Å². The predicted molar refractivity (Wildman–Crippen MR) is 110 cm³/mol. The fourth-order valence-electron chi connectivity index (χ4n) is 2.83. The number of carbonyl (C=O) groups excluding carboxylic acids is 1. The molecule has 0 unspecified atom stereocenters. The number of hydrogen-bond donors (Lipinski definition) is 1. The van der Waals surface area contributed by atoms with Crippen LogP contribution in [0.4, 0.5) is 11.4 Å². The lowest BCUT2D eigenvalue weighted by molar-refractivity contribution is -0.114. The second-order valence-corrected chi connectivity index (χ2v) is 8.42. The summed E-state index contributed by atoms with van der Waals surface area (Å²) in [6, 6.07) is 11.7. The minimum Gasteiger partial charge on any atom is -0.494 e. The van der Waals surface area contributed by atoms with E-state index in [1.54, 1.807) is 42.5 Å². The third-order valence-corrected chi connectivity index (χ3v) is 5.99. The maximum Gasteiger partial charge on any atom is 0.245 e. The van der Waals surface area contributed by atoms with Crippen molar-refractivity contribution in [2.45, 2.75) is 13.8 Å². The normalized spacial score (nSPS) is 12.9. The Bertz CT molecular complexity index is 959. The van der Waals surface area contributed by atoms with Crippen LogP contribution in [0.2, 0.25) is 0 Å². The summed E-state index contributed by atoms with van der Waals surface area (Å²) >= 11 is 0. The molecule has 156 valence electrons. The number of fused-ring (bicyclic) bond motifs is 1. The van der Waals surface area contributed by atoms with Crippen molar-refractivity contribution >= 4 is 27.3 Å². The van der Waals surface area contributed by atoms with Crippen LogP contribution in [0, 0.1) is 0 Å². The number of hydrogen-bond acceptors (Lipinski definition) is 6. The standard InChI is InChI=1S/C20H24N2O6S/c1-3-26-17-8-5-15(6-9-17)21-20(23)14-22(29(24,25)4-2)16-7-10-18-19(13-16)28-12-11-27-18/h5-10,13H,3-4,11-12,14H2,1-2H3,(H,21,23). The second-order valence-electron chi connectivity index (χ2n) is 6.24. The molecule has 0 saturated heterocycles. The highest BCUT2D eigenvalue weighted by Crippen LogP contribution is 2.34. The number of nitrogens with zero attached hydrogens (tertiary/aromatic N) is 1. The highest BCUT2D eigenvalue weighted by Gasteiger charge is 2.25. The highest BCUT2D eigenvalue weighted by molar-refractivity contribution is 7.92. The van der Waals surface area contributed by atoms with Gasteiger partial charge < -0.3 is 19.5 Å². The lowest BCUT2D eigenvalue weighted by atomic mass is 10.2. The third kappa shape index (κ3) is 5.11. The Balaban J connectivity index is 1.78. The van der Waals surface area contributed by atoms with Crippen molar-refractivity contribution in [2.75, 3.05) is 41.7 Å². The summed E-state index contributed by atoms with van der Waals surface area (Å²) in [7, 11) is -3.69. The quantitative estimate of drug-likeness (QED) is 0.706.